The van der Waals surface area contributed by atoms with Crippen molar-refractivity contribution in [2.45, 2.75) is 0 Å². The molecule has 0 aliphatic carbocycles. The zero-order valence-electron chi connectivity index (χ0n) is 13.3. The van der Waals surface area contributed by atoms with Gasteiger partial charge in [0.2, 0.25) is 0 Å². The van der Waals surface area contributed by atoms with Crippen molar-refractivity contribution < 1.29 is 9.59 Å². The smallest absolute Gasteiger partial charge is 0.273 e. The highest BCUT2D eigenvalue weighted by atomic mass is 79.9. The quantitative estimate of drug-likeness (QED) is 0.628. The highest BCUT2D eigenvalue weighted by Crippen LogP contribution is 2.21. The first-order chi connectivity index (χ1) is 12.1. The Morgan fingerprint density at radius 2 is 1.76 bits per heavy atom. The van der Waals surface area contributed by atoms with Crippen LogP contribution in [0, 0.1) is 0 Å². The number of nitrogens with one attached hydrogen (secondary N) is 3. The number of carbonyl (C=O) groups excluding carboxylic acids is 2. The second kappa shape index (κ2) is 7.31. The molecule has 0 saturated carbocycles. The van der Waals surface area contributed by atoms with Gasteiger partial charge in [0.15, 0.2) is 0 Å². The van der Waals surface area contributed by atoms with E-state index in [0.717, 1.165) is 10.0 Å². The average molecular weight is 399 g/mol. The van der Waals surface area contributed by atoms with Gasteiger partial charge in [-0.3, -0.25) is 14.7 Å². The first kappa shape index (κ1) is 16.9. The van der Waals surface area contributed by atoms with Gasteiger partial charge in [0.1, 0.15) is 5.69 Å². The van der Waals surface area contributed by atoms with E-state index >= 15 is 0 Å². The lowest BCUT2D eigenvalue weighted by Gasteiger charge is -2.08. The molecule has 0 spiro atoms. The van der Waals surface area contributed by atoms with Gasteiger partial charge < -0.3 is 10.6 Å². The molecule has 1 aromatic heterocycles. The largest absolute Gasteiger partial charge is 0.355 e. The monoisotopic (exact) mass is 398 g/mol. The molecule has 0 fully saturated rings. The van der Waals surface area contributed by atoms with Crippen molar-refractivity contribution in [2.24, 2.45) is 0 Å². The maximum atomic E-state index is 12.5. The molecule has 0 radical (unpaired) electrons. The second-order valence-corrected chi connectivity index (χ2v) is 6.17. The Balaban J connectivity index is 1.81. The zero-order chi connectivity index (χ0) is 17.8. The number of para-hydroxylation sites is 1. The number of rotatable bonds is 4. The fourth-order valence-corrected chi connectivity index (χ4v) is 2.59. The van der Waals surface area contributed by atoms with Gasteiger partial charge in [0, 0.05) is 17.1 Å². The molecule has 0 atom stereocenters. The summed E-state index contributed by atoms with van der Waals surface area (Å²) in [5.41, 5.74) is 2.70. The molecule has 2 amide bonds. The summed E-state index contributed by atoms with van der Waals surface area (Å²) in [5, 5.41) is 12.2. The van der Waals surface area contributed by atoms with Gasteiger partial charge in [-0.25, -0.2) is 0 Å². The number of hydrogen-bond donors (Lipinski definition) is 3. The van der Waals surface area contributed by atoms with E-state index in [9.17, 15) is 9.59 Å². The van der Waals surface area contributed by atoms with Crippen LogP contribution in [-0.4, -0.2) is 29.1 Å². The van der Waals surface area contributed by atoms with Crippen molar-refractivity contribution in [2.75, 3.05) is 12.4 Å². The molecule has 0 unspecified atom stereocenters. The highest BCUT2D eigenvalue weighted by molar-refractivity contribution is 9.10. The van der Waals surface area contributed by atoms with Gasteiger partial charge in [-0.1, -0.05) is 40.2 Å². The number of benzene rings is 2. The Hall–Kier alpha value is -2.93. The van der Waals surface area contributed by atoms with Crippen molar-refractivity contribution in [3.05, 3.63) is 70.3 Å². The summed E-state index contributed by atoms with van der Waals surface area (Å²) < 4.78 is 0.968. The molecule has 0 bridgehead atoms. The Labute approximate surface area is 152 Å². The van der Waals surface area contributed by atoms with Crippen molar-refractivity contribution in [1.82, 2.24) is 15.5 Å². The summed E-state index contributed by atoms with van der Waals surface area (Å²) in [6, 6.07) is 16.1. The van der Waals surface area contributed by atoms with Crippen LogP contribution in [0.25, 0.3) is 11.3 Å². The van der Waals surface area contributed by atoms with Crippen LogP contribution in [0.5, 0.6) is 0 Å². The summed E-state index contributed by atoms with van der Waals surface area (Å²) in [5.74, 6) is -0.636. The van der Waals surface area contributed by atoms with Crippen LogP contribution >= 0.6 is 15.9 Å². The second-order valence-electron chi connectivity index (χ2n) is 5.25. The molecule has 126 valence electrons. The lowest BCUT2D eigenvalue weighted by Crippen LogP contribution is -2.21. The molecular formula is C18H15BrN4O2. The van der Waals surface area contributed by atoms with Crippen LogP contribution in [0.3, 0.4) is 0 Å². The van der Waals surface area contributed by atoms with Gasteiger partial charge >= 0.3 is 0 Å². The number of halogens is 1. The van der Waals surface area contributed by atoms with Crippen LogP contribution in [0.15, 0.2) is 59.1 Å². The Morgan fingerprint density at radius 1 is 1.04 bits per heavy atom. The van der Waals surface area contributed by atoms with Crippen molar-refractivity contribution in [3.63, 3.8) is 0 Å². The standard InChI is InChI=1S/C18H15BrN4O2/c1-20-17(24)13-4-2-3-5-14(13)21-18(25)16-10-15(22-23-16)11-6-8-12(19)9-7-11/h2-10H,1H3,(H,20,24)(H,21,25)(H,22,23). The number of hydrogen-bond acceptors (Lipinski definition) is 3. The number of amides is 2. The van der Waals surface area contributed by atoms with E-state index in [-0.39, 0.29) is 11.8 Å². The highest BCUT2D eigenvalue weighted by Gasteiger charge is 2.15. The third kappa shape index (κ3) is 3.77. The summed E-state index contributed by atoms with van der Waals surface area (Å²) in [7, 11) is 1.54. The molecule has 3 N–H and O–H groups in total. The van der Waals surface area contributed by atoms with Crippen LogP contribution in [0.4, 0.5) is 5.69 Å². The molecule has 2 aromatic carbocycles. The van der Waals surface area contributed by atoms with Crippen molar-refractivity contribution in [3.8, 4) is 11.3 Å². The minimum Gasteiger partial charge on any atom is -0.355 e. The third-order valence-electron chi connectivity index (χ3n) is 3.61. The van der Waals surface area contributed by atoms with Crippen molar-refractivity contribution in [1.29, 1.82) is 0 Å². The van der Waals surface area contributed by atoms with E-state index in [0.29, 0.717) is 22.6 Å². The van der Waals surface area contributed by atoms with E-state index in [1.165, 1.54) is 0 Å². The summed E-state index contributed by atoms with van der Waals surface area (Å²) in [4.78, 5) is 24.3. The Bertz CT molecular complexity index is 919. The number of carbonyl (C=O) groups is 2. The van der Waals surface area contributed by atoms with Gasteiger partial charge in [-0.2, -0.15) is 5.10 Å². The molecule has 0 aliphatic heterocycles. The minimum atomic E-state index is -0.368. The van der Waals surface area contributed by atoms with Crippen LogP contribution in [0.2, 0.25) is 0 Å². The first-order valence-corrected chi connectivity index (χ1v) is 8.31. The third-order valence-corrected chi connectivity index (χ3v) is 4.14. The molecule has 0 saturated heterocycles. The van der Waals surface area contributed by atoms with Gasteiger partial charge in [-0.05, 0) is 30.3 Å². The minimum absolute atomic E-state index is 0.268. The Morgan fingerprint density at radius 3 is 2.48 bits per heavy atom. The normalized spacial score (nSPS) is 10.3. The first-order valence-electron chi connectivity index (χ1n) is 7.52. The molecule has 25 heavy (non-hydrogen) atoms. The molecular weight excluding hydrogens is 384 g/mol. The maximum Gasteiger partial charge on any atom is 0.273 e. The lowest BCUT2D eigenvalue weighted by molar-refractivity contribution is 0.0964. The predicted molar refractivity (Wildman–Crippen MR) is 99.5 cm³/mol. The number of aromatic amines is 1. The van der Waals surface area contributed by atoms with Gasteiger partial charge in [0.05, 0.1) is 16.9 Å². The molecule has 1 heterocycles. The molecule has 0 aliphatic rings. The van der Waals surface area contributed by atoms with Crippen LogP contribution in [0.1, 0.15) is 20.8 Å². The average Bonchev–Trinajstić information content (AvgIpc) is 3.12. The van der Waals surface area contributed by atoms with Crippen molar-refractivity contribution >= 4 is 33.4 Å². The van der Waals surface area contributed by atoms with E-state index in [1.807, 2.05) is 24.3 Å². The zero-order valence-corrected chi connectivity index (χ0v) is 14.9. The summed E-state index contributed by atoms with van der Waals surface area (Å²) >= 11 is 3.38. The Kier molecular flexibility index (Phi) is 4.95. The van der Waals surface area contributed by atoms with E-state index < -0.39 is 0 Å². The van der Waals surface area contributed by atoms with E-state index in [2.05, 4.69) is 36.8 Å². The number of aromatic nitrogens is 2. The number of nitrogens with zero attached hydrogens (tertiary/aromatic N) is 1. The van der Waals surface area contributed by atoms with Gasteiger partial charge in [0.25, 0.3) is 11.8 Å². The SMILES string of the molecule is CNC(=O)c1ccccc1NC(=O)c1cc(-c2ccc(Br)cc2)n[nH]1. The fraction of sp³-hybridized carbons (Fsp3) is 0.0556. The summed E-state index contributed by atoms with van der Waals surface area (Å²) in [6.07, 6.45) is 0. The molecule has 3 rings (SSSR count). The fourth-order valence-electron chi connectivity index (χ4n) is 2.32. The lowest BCUT2D eigenvalue weighted by atomic mass is 10.1. The molecule has 7 heteroatoms. The number of H-pyrrole nitrogens is 1. The number of anilines is 1. The van der Waals surface area contributed by atoms with Crippen LogP contribution in [-0.2, 0) is 0 Å². The predicted octanol–water partition coefficient (Wildman–Crippen LogP) is 3.45. The van der Waals surface area contributed by atoms with E-state index in [1.54, 1.807) is 37.4 Å². The molecule has 3 aromatic rings. The summed E-state index contributed by atoms with van der Waals surface area (Å²) in [6.45, 7) is 0. The topological polar surface area (TPSA) is 86.9 Å². The molecule has 6 nitrogen and oxygen atoms in total. The van der Waals surface area contributed by atoms with Crippen LogP contribution < -0.4 is 10.6 Å². The van der Waals surface area contributed by atoms with Gasteiger partial charge in [-0.15, -0.1) is 0 Å². The van der Waals surface area contributed by atoms with E-state index in [4.69, 9.17) is 0 Å². The maximum absolute atomic E-state index is 12.5.